The van der Waals surface area contributed by atoms with Gasteiger partial charge in [0.05, 0.1) is 5.92 Å². The maximum Gasteiger partial charge on any atom is 0.225 e. The van der Waals surface area contributed by atoms with Crippen molar-refractivity contribution in [2.24, 2.45) is 11.8 Å². The van der Waals surface area contributed by atoms with Gasteiger partial charge < -0.3 is 15.1 Å². The molecule has 1 N–H and O–H groups in total. The maximum absolute atomic E-state index is 13.1. The molecule has 7 heteroatoms. The van der Waals surface area contributed by atoms with E-state index in [0.29, 0.717) is 31.8 Å². The van der Waals surface area contributed by atoms with Crippen molar-refractivity contribution in [3.8, 4) is 0 Å². The Hall–Kier alpha value is -2.15. The van der Waals surface area contributed by atoms with Crippen LogP contribution < -0.4 is 10.2 Å². The van der Waals surface area contributed by atoms with Gasteiger partial charge in [-0.1, -0.05) is 13.8 Å². The molecule has 0 radical (unpaired) electrons. The molecule has 6 nitrogen and oxygen atoms in total. The molecule has 0 spiro atoms. The molecule has 0 bridgehead atoms. The highest BCUT2D eigenvalue weighted by molar-refractivity contribution is 5.84. The minimum absolute atomic E-state index is 0.0387. The van der Waals surface area contributed by atoms with Crippen molar-refractivity contribution in [3.05, 3.63) is 30.1 Å². The summed E-state index contributed by atoms with van der Waals surface area (Å²) in [5.74, 6) is 0.332. The number of halogens is 1. The van der Waals surface area contributed by atoms with Crippen molar-refractivity contribution >= 4 is 17.5 Å². The van der Waals surface area contributed by atoms with Crippen LogP contribution in [0.2, 0.25) is 0 Å². The van der Waals surface area contributed by atoms with Gasteiger partial charge in [-0.2, -0.15) is 0 Å². The summed E-state index contributed by atoms with van der Waals surface area (Å²) < 4.78 is 13.1. The summed E-state index contributed by atoms with van der Waals surface area (Å²) in [6.07, 6.45) is 2.03. The second-order valence-corrected chi connectivity index (χ2v) is 9.28. The third kappa shape index (κ3) is 6.42. The summed E-state index contributed by atoms with van der Waals surface area (Å²) in [6.45, 7) is 12.3. The zero-order valence-electron chi connectivity index (χ0n) is 19.1. The average molecular weight is 433 g/mol. The molecule has 31 heavy (non-hydrogen) atoms. The lowest BCUT2D eigenvalue weighted by Crippen LogP contribution is -2.53. The Morgan fingerprint density at radius 2 is 1.84 bits per heavy atom. The zero-order chi connectivity index (χ0) is 22.4. The molecule has 2 amide bonds. The smallest absolute Gasteiger partial charge is 0.225 e. The van der Waals surface area contributed by atoms with Gasteiger partial charge in [-0.15, -0.1) is 0 Å². The molecule has 2 aliphatic rings. The number of piperidine rings is 1. The fourth-order valence-electron chi connectivity index (χ4n) is 4.65. The van der Waals surface area contributed by atoms with Crippen molar-refractivity contribution in [2.75, 3.05) is 50.7 Å². The molecule has 2 saturated heterocycles. The van der Waals surface area contributed by atoms with Gasteiger partial charge >= 0.3 is 0 Å². The number of nitrogens with one attached hydrogen (secondary N) is 1. The molecule has 2 aliphatic heterocycles. The minimum atomic E-state index is -0.203. The van der Waals surface area contributed by atoms with E-state index >= 15 is 0 Å². The summed E-state index contributed by atoms with van der Waals surface area (Å²) in [6, 6.07) is 6.65. The van der Waals surface area contributed by atoms with E-state index in [1.54, 1.807) is 0 Å². The summed E-state index contributed by atoms with van der Waals surface area (Å²) in [5, 5.41) is 3.10. The Kier molecular flexibility index (Phi) is 8.29. The van der Waals surface area contributed by atoms with Crippen molar-refractivity contribution < 1.29 is 14.0 Å². The monoisotopic (exact) mass is 432 g/mol. The molecule has 0 aromatic heterocycles. The topological polar surface area (TPSA) is 55.9 Å². The molecule has 172 valence electrons. The molecule has 0 saturated carbocycles. The first-order chi connectivity index (χ1) is 14.8. The van der Waals surface area contributed by atoms with Gasteiger partial charge in [0.1, 0.15) is 5.82 Å². The van der Waals surface area contributed by atoms with Crippen LogP contribution in [0.15, 0.2) is 24.3 Å². The molecular formula is C24H37FN4O2. The number of piperazine rings is 1. The van der Waals surface area contributed by atoms with Crippen molar-refractivity contribution in [1.82, 2.24) is 15.1 Å². The Morgan fingerprint density at radius 3 is 2.48 bits per heavy atom. The lowest BCUT2D eigenvalue weighted by molar-refractivity contribution is -0.143. The van der Waals surface area contributed by atoms with Gasteiger partial charge in [0.25, 0.3) is 0 Å². The van der Waals surface area contributed by atoms with Crippen LogP contribution in [0.3, 0.4) is 0 Å². The van der Waals surface area contributed by atoms with Gasteiger partial charge in [-0.3, -0.25) is 14.5 Å². The fourth-order valence-corrected chi connectivity index (χ4v) is 4.65. The Balaban J connectivity index is 1.35. The Bertz CT molecular complexity index is 732. The minimum Gasteiger partial charge on any atom is -0.369 e. The van der Waals surface area contributed by atoms with Crippen LogP contribution >= 0.6 is 0 Å². The first kappa shape index (κ1) is 23.5. The molecule has 3 rings (SSSR count). The first-order valence-electron chi connectivity index (χ1n) is 11.6. The number of rotatable bonds is 8. The summed E-state index contributed by atoms with van der Waals surface area (Å²) in [5.41, 5.74) is 1.07. The average Bonchev–Trinajstić information content (AvgIpc) is 2.75. The number of carbonyl (C=O) groups excluding carboxylic acids is 2. The van der Waals surface area contributed by atoms with Gasteiger partial charge in [0.15, 0.2) is 0 Å². The highest BCUT2D eigenvalue weighted by atomic mass is 19.1. The maximum atomic E-state index is 13.1. The first-order valence-corrected chi connectivity index (χ1v) is 11.6. The number of benzene rings is 1. The van der Waals surface area contributed by atoms with E-state index in [4.69, 9.17) is 0 Å². The molecule has 2 heterocycles. The van der Waals surface area contributed by atoms with E-state index in [9.17, 15) is 14.0 Å². The number of carbonyl (C=O) groups is 2. The van der Waals surface area contributed by atoms with Crippen LogP contribution in [0.1, 0.15) is 40.0 Å². The molecule has 1 aromatic carbocycles. The predicted molar refractivity (Wildman–Crippen MR) is 121 cm³/mol. The van der Waals surface area contributed by atoms with E-state index in [0.717, 1.165) is 44.8 Å². The molecule has 2 atom stereocenters. The Morgan fingerprint density at radius 1 is 1.16 bits per heavy atom. The van der Waals surface area contributed by atoms with E-state index in [-0.39, 0.29) is 29.6 Å². The normalized spacial score (nSPS) is 22.8. The fraction of sp³-hybridized carbons (Fsp3) is 0.667. The van der Waals surface area contributed by atoms with Gasteiger partial charge in [-0.25, -0.2) is 4.39 Å². The number of amides is 2. The predicted octanol–water partition coefficient (Wildman–Crippen LogP) is 2.74. The number of likely N-dealkylation sites (tertiary alicyclic amines) is 1. The summed E-state index contributed by atoms with van der Waals surface area (Å²) in [7, 11) is 0. The van der Waals surface area contributed by atoms with Gasteiger partial charge in [-0.05, 0) is 56.5 Å². The quantitative estimate of drug-likeness (QED) is 0.642. The standard InChI is InChI=1S/C24H37FN4O2/c1-18(2)17-29-19(3)22(9-10-23(29)30)24(31)26-11-4-12-27-13-15-28(16-14-27)21-7-5-20(25)6-8-21/h5-8,18-19,22H,4,9-17H2,1-3H3,(H,26,31). The number of hydrogen-bond donors (Lipinski definition) is 1. The molecule has 2 fully saturated rings. The lowest BCUT2D eigenvalue weighted by atomic mass is 9.88. The van der Waals surface area contributed by atoms with Crippen LogP contribution in [0.25, 0.3) is 0 Å². The molecule has 2 unspecified atom stereocenters. The van der Waals surface area contributed by atoms with Crippen LogP contribution in [-0.4, -0.2) is 73.5 Å². The number of nitrogens with zero attached hydrogens (tertiary/aromatic N) is 3. The second kappa shape index (κ2) is 10.9. The summed E-state index contributed by atoms with van der Waals surface area (Å²) in [4.78, 5) is 31.6. The second-order valence-electron chi connectivity index (χ2n) is 9.28. The molecule has 1 aromatic rings. The highest BCUT2D eigenvalue weighted by Crippen LogP contribution is 2.25. The highest BCUT2D eigenvalue weighted by Gasteiger charge is 2.36. The SMILES string of the molecule is CC(C)CN1C(=O)CCC(C(=O)NCCCN2CCN(c3ccc(F)cc3)CC2)C1C. The van der Waals surface area contributed by atoms with Crippen LogP contribution in [0, 0.1) is 17.7 Å². The zero-order valence-corrected chi connectivity index (χ0v) is 19.1. The van der Waals surface area contributed by atoms with Crippen molar-refractivity contribution in [2.45, 2.75) is 46.1 Å². The summed E-state index contributed by atoms with van der Waals surface area (Å²) >= 11 is 0. The van der Waals surface area contributed by atoms with Gasteiger partial charge in [0, 0.05) is 57.4 Å². The molecule has 0 aliphatic carbocycles. The van der Waals surface area contributed by atoms with E-state index < -0.39 is 0 Å². The number of anilines is 1. The van der Waals surface area contributed by atoms with E-state index in [2.05, 4.69) is 29.0 Å². The van der Waals surface area contributed by atoms with E-state index in [1.165, 1.54) is 12.1 Å². The largest absolute Gasteiger partial charge is 0.369 e. The Labute approximate surface area is 185 Å². The van der Waals surface area contributed by atoms with E-state index in [1.807, 2.05) is 24.0 Å². The third-order valence-electron chi connectivity index (χ3n) is 6.48. The molecular weight excluding hydrogens is 395 g/mol. The van der Waals surface area contributed by atoms with Gasteiger partial charge in [0.2, 0.25) is 11.8 Å². The third-order valence-corrected chi connectivity index (χ3v) is 6.48. The van der Waals surface area contributed by atoms with Crippen LogP contribution in [0.4, 0.5) is 10.1 Å². The van der Waals surface area contributed by atoms with Crippen LogP contribution in [-0.2, 0) is 9.59 Å². The lowest BCUT2D eigenvalue weighted by Gasteiger charge is -2.39. The number of hydrogen-bond acceptors (Lipinski definition) is 4. The van der Waals surface area contributed by atoms with Crippen molar-refractivity contribution in [1.29, 1.82) is 0 Å². The van der Waals surface area contributed by atoms with Crippen LogP contribution in [0.5, 0.6) is 0 Å². The van der Waals surface area contributed by atoms with Crippen molar-refractivity contribution in [3.63, 3.8) is 0 Å².